The molecule has 142 valence electrons. The number of hydrogen-bond donors (Lipinski definition) is 0. The van der Waals surface area contributed by atoms with Crippen LogP contribution in [0.3, 0.4) is 0 Å². The van der Waals surface area contributed by atoms with E-state index in [2.05, 4.69) is 4.98 Å². The molecule has 2 heterocycles. The van der Waals surface area contributed by atoms with Crippen molar-refractivity contribution in [2.75, 3.05) is 13.1 Å². The molecule has 1 aliphatic carbocycles. The van der Waals surface area contributed by atoms with Crippen molar-refractivity contribution in [3.05, 3.63) is 53.1 Å². The first-order chi connectivity index (χ1) is 13.3. The molecule has 1 aromatic carbocycles. The molecule has 0 unspecified atom stereocenters. The molecule has 28 heavy (non-hydrogen) atoms. The van der Waals surface area contributed by atoms with Crippen LogP contribution in [0.15, 0.2) is 47.5 Å². The molecule has 1 fully saturated rings. The summed E-state index contributed by atoms with van der Waals surface area (Å²) >= 11 is 1.59. The number of likely N-dealkylation sites (tertiary alicyclic amines) is 1. The summed E-state index contributed by atoms with van der Waals surface area (Å²) in [4.78, 5) is 31.1. The van der Waals surface area contributed by atoms with Gasteiger partial charge in [0.05, 0.1) is 12.0 Å². The molecular weight excluding hydrogens is 370 g/mol. The average Bonchev–Trinajstić information content (AvgIpc) is 3.17. The van der Waals surface area contributed by atoms with Crippen LogP contribution in [-0.2, 0) is 16.0 Å². The van der Waals surface area contributed by atoms with E-state index in [1.165, 1.54) is 0 Å². The molecule has 0 atom stereocenters. The van der Waals surface area contributed by atoms with E-state index < -0.39 is 5.41 Å². The van der Waals surface area contributed by atoms with Crippen LogP contribution >= 0.6 is 11.3 Å². The minimum Gasteiger partial charge on any atom is -0.341 e. The molecule has 1 aromatic heterocycles. The summed E-state index contributed by atoms with van der Waals surface area (Å²) in [5.41, 5.74) is 1.46. The molecule has 6 heteroatoms. The van der Waals surface area contributed by atoms with E-state index in [0.717, 1.165) is 16.1 Å². The molecule has 2 aliphatic rings. The van der Waals surface area contributed by atoms with E-state index in [9.17, 15) is 14.9 Å². The fourth-order valence-corrected chi connectivity index (χ4v) is 4.99. The second-order valence-corrected chi connectivity index (χ2v) is 9.28. The molecule has 5 nitrogen and oxygen atoms in total. The molecule has 0 bridgehead atoms. The van der Waals surface area contributed by atoms with Crippen molar-refractivity contribution in [1.29, 1.82) is 5.26 Å². The summed E-state index contributed by atoms with van der Waals surface area (Å²) in [6.07, 6.45) is 4.61. The Kier molecular flexibility index (Phi) is 4.43. The lowest BCUT2D eigenvalue weighted by molar-refractivity contribution is -0.143. The van der Waals surface area contributed by atoms with Crippen LogP contribution < -0.4 is 0 Å². The molecule has 2 aromatic rings. The third kappa shape index (κ3) is 3.27. The van der Waals surface area contributed by atoms with Gasteiger partial charge < -0.3 is 4.90 Å². The van der Waals surface area contributed by atoms with E-state index in [4.69, 9.17) is 0 Å². The zero-order chi connectivity index (χ0) is 19.9. The van der Waals surface area contributed by atoms with Crippen molar-refractivity contribution in [1.82, 2.24) is 9.88 Å². The van der Waals surface area contributed by atoms with E-state index in [1.807, 2.05) is 54.5 Å². The lowest BCUT2D eigenvalue weighted by Gasteiger charge is -2.53. The van der Waals surface area contributed by atoms with Crippen molar-refractivity contribution >= 4 is 23.0 Å². The van der Waals surface area contributed by atoms with Gasteiger partial charge in [-0.25, -0.2) is 4.98 Å². The van der Waals surface area contributed by atoms with Crippen molar-refractivity contribution in [3.8, 4) is 16.6 Å². The Balaban J connectivity index is 1.41. The Bertz CT molecular complexity index is 991. The SMILES string of the molecule is CC1(C)CC2(C=C(C#N)C1=O)CN(C(=O)Cc1ccc(-c3nccs3)cc1)C2. The van der Waals surface area contributed by atoms with Gasteiger partial charge in [0.2, 0.25) is 5.91 Å². The van der Waals surface area contributed by atoms with Gasteiger partial charge in [-0.05, 0) is 12.0 Å². The average molecular weight is 391 g/mol. The third-order valence-corrected chi connectivity index (χ3v) is 6.40. The summed E-state index contributed by atoms with van der Waals surface area (Å²) < 4.78 is 0. The molecule has 1 aliphatic heterocycles. The molecule has 0 N–H and O–H groups in total. The number of carbonyl (C=O) groups is 2. The van der Waals surface area contributed by atoms with Crippen LogP contribution in [0.1, 0.15) is 25.8 Å². The molecule has 1 saturated heterocycles. The Hall–Kier alpha value is -2.78. The first-order valence-electron chi connectivity index (χ1n) is 9.26. The van der Waals surface area contributed by atoms with Crippen molar-refractivity contribution in [3.63, 3.8) is 0 Å². The van der Waals surface area contributed by atoms with E-state index >= 15 is 0 Å². The number of hydrogen-bond acceptors (Lipinski definition) is 5. The number of Topliss-reactive ketones (excluding diaryl/α,β-unsaturated/α-hetero) is 1. The largest absolute Gasteiger partial charge is 0.341 e. The number of allylic oxidation sites excluding steroid dienone is 1. The number of carbonyl (C=O) groups excluding carboxylic acids is 2. The first kappa shape index (κ1) is 18.6. The lowest BCUT2D eigenvalue weighted by Crippen LogP contribution is -2.61. The summed E-state index contributed by atoms with van der Waals surface area (Å²) in [6, 6.07) is 9.97. The maximum atomic E-state index is 12.7. The molecule has 1 amide bonds. The Labute approximate surface area is 168 Å². The highest BCUT2D eigenvalue weighted by Gasteiger charge is 2.52. The van der Waals surface area contributed by atoms with Crippen LogP contribution in [0.25, 0.3) is 10.6 Å². The maximum absolute atomic E-state index is 12.7. The zero-order valence-corrected chi connectivity index (χ0v) is 16.8. The number of thiazole rings is 1. The zero-order valence-electron chi connectivity index (χ0n) is 15.9. The Morgan fingerprint density at radius 2 is 2.00 bits per heavy atom. The second-order valence-electron chi connectivity index (χ2n) is 8.38. The van der Waals surface area contributed by atoms with Crippen LogP contribution in [0.4, 0.5) is 0 Å². The standard InChI is InChI=1S/C22H21N3O2S/c1-21(2)12-22(10-17(11-23)19(21)27)13-25(14-22)18(26)9-15-3-5-16(6-4-15)20-24-7-8-28-20/h3-8,10H,9,12-14H2,1-2H3. The first-order valence-corrected chi connectivity index (χ1v) is 10.1. The minimum atomic E-state index is -0.555. The lowest BCUT2D eigenvalue weighted by atomic mass is 9.61. The topological polar surface area (TPSA) is 74.1 Å². The van der Waals surface area contributed by atoms with Crippen LogP contribution in [0, 0.1) is 22.2 Å². The smallest absolute Gasteiger partial charge is 0.227 e. The van der Waals surface area contributed by atoms with Crippen molar-refractivity contribution in [2.45, 2.75) is 26.7 Å². The second kappa shape index (κ2) is 6.68. The fraction of sp³-hybridized carbons (Fsp3) is 0.364. The molecule has 4 rings (SSSR count). The number of aromatic nitrogens is 1. The van der Waals surface area contributed by atoms with Crippen LogP contribution in [0.5, 0.6) is 0 Å². The van der Waals surface area contributed by atoms with E-state index in [0.29, 0.717) is 25.9 Å². The fourth-order valence-electron chi connectivity index (χ4n) is 4.34. The van der Waals surface area contributed by atoms with Gasteiger partial charge in [0.15, 0.2) is 5.78 Å². The van der Waals surface area contributed by atoms with Gasteiger partial charge in [0.1, 0.15) is 11.1 Å². The number of rotatable bonds is 3. The molecule has 1 spiro atoms. The van der Waals surface area contributed by atoms with E-state index in [1.54, 1.807) is 23.6 Å². The number of ketones is 1. The van der Waals surface area contributed by atoms with Gasteiger partial charge in [0.25, 0.3) is 0 Å². The van der Waals surface area contributed by atoms with Gasteiger partial charge in [-0.3, -0.25) is 9.59 Å². The number of nitriles is 1. The molecule has 0 saturated carbocycles. The number of benzene rings is 1. The highest BCUT2D eigenvalue weighted by molar-refractivity contribution is 7.13. The molecular formula is C22H21N3O2S. The maximum Gasteiger partial charge on any atom is 0.227 e. The monoisotopic (exact) mass is 391 g/mol. The predicted octanol–water partition coefficient (Wildman–Crippen LogP) is 3.63. The number of nitrogens with zero attached hydrogens (tertiary/aromatic N) is 3. The van der Waals surface area contributed by atoms with E-state index in [-0.39, 0.29) is 22.7 Å². The van der Waals surface area contributed by atoms with Gasteiger partial charge >= 0.3 is 0 Å². The number of amides is 1. The summed E-state index contributed by atoms with van der Waals surface area (Å²) in [6.45, 7) is 4.92. The highest BCUT2D eigenvalue weighted by atomic mass is 32.1. The van der Waals surface area contributed by atoms with Crippen LogP contribution in [-0.4, -0.2) is 34.7 Å². The summed E-state index contributed by atoms with van der Waals surface area (Å²) in [5.74, 6) is -0.0139. The Morgan fingerprint density at radius 1 is 1.29 bits per heavy atom. The van der Waals surface area contributed by atoms with Gasteiger partial charge in [-0.2, -0.15) is 5.26 Å². The Morgan fingerprint density at radius 3 is 2.61 bits per heavy atom. The van der Waals surface area contributed by atoms with Gasteiger partial charge in [-0.15, -0.1) is 11.3 Å². The quantitative estimate of drug-likeness (QED) is 0.801. The summed E-state index contributed by atoms with van der Waals surface area (Å²) in [5, 5.41) is 12.2. The normalized spacial score (nSPS) is 19.7. The summed E-state index contributed by atoms with van der Waals surface area (Å²) in [7, 11) is 0. The van der Waals surface area contributed by atoms with Gasteiger partial charge in [0, 0.05) is 41.1 Å². The predicted molar refractivity (Wildman–Crippen MR) is 107 cm³/mol. The van der Waals surface area contributed by atoms with Crippen LogP contribution in [0.2, 0.25) is 0 Å². The minimum absolute atomic E-state index is 0.0780. The highest BCUT2D eigenvalue weighted by Crippen LogP contribution is 2.48. The third-order valence-electron chi connectivity index (χ3n) is 5.58. The van der Waals surface area contributed by atoms with Crippen molar-refractivity contribution < 1.29 is 9.59 Å². The molecule has 0 radical (unpaired) electrons. The van der Waals surface area contributed by atoms with Gasteiger partial charge in [-0.1, -0.05) is 44.2 Å². The van der Waals surface area contributed by atoms with Crippen molar-refractivity contribution in [2.24, 2.45) is 10.8 Å².